The first-order valence-corrected chi connectivity index (χ1v) is 10.3. The van der Waals surface area contributed by atoms with Crippen molar-refractivity contribution in [2.75, 3.05) is 20.7 Å². The molecule has 1 N–H and O–H groups in total. The number of aldehydes is 1. The zero-order chi connectivity index (χ0) is 24.2. The number of hydrogen-bond acceptors (Lipinski definition) is 5. The van der Waals surface area contributed by atoms with Crippen molar-refractivity contribution in [2.45, 2.75) is 0 Å². The number of carbonyl (C=O) groups is 2. The molecule has 34 heavy (non-hydrogen) atoms. The summed E-state index contributed by atoms with van der Waals surface area (Å²) in [5.41, 5.74) is 4.92. The predicted molar refractivity (Wildman–Crippen MR) is 130 cm³/mol. The zero-order valence-electron chi connectivity index (χ0n) is 18.6. The third kappa shape index (κ3) is 3.99. The number of H-pyrrole nitrogens is 1. The Balaban J connectivity index is 1.82. The van der Waals surface area contributed by atoms with E-state index in [-0.39, 0.29) is 12.5 Å². The number of aromatic amines is 1. The number of fused-ring (bicyclic) bond motifs is 1. The van der Waals surface area contributed by atoms with Gasteiger partial charge in [-0.25, -0.2) is 4.98 Å². The van der Waals surface area contributed by atoms with Gasteiger partial charge in [0.15, 0.2) is 6.29 Å². The maximum absolute atomic E-state index is 12.6. The van der Waals surface area contributed by atoms with Crippen molar-refractivity contribution in [2.24, 2.45) is 0 Å². The summed E-state index contributed by atoms with van der Waals surface area (Å²) in [6.45, 7) is 0.201. The van der Waals surface area contributed by atoms with Gasteiger partial charge in [-0.05, 0) is 24.3 Å². The van der Waals surface area contributed by atoms with E-state index in [0.717, 1.165) is 28.4 Å². The Morgan fingerprint density at radius 1 is 1.15 bits per heavy atom. The standard InChI is InChI=1S/C27H20N4O3/c1-5-7-31(3)27(33)20-8-18(12-28-13-20)19-9-23-24(15-30-26(23)29-14-19)22-10-21(16-32)17(6-2)11-25(22)34-4/h1-2,8-16H,7H2,3-4H3,(H,29,30). The quantitative estimate of drug-likeness (QED) is 0.358. The number of nitrogens with zero attached hydrogens (tertiary/aromatic N) is 3. The summed E-state index contributed by atoms with van der Waals surface area (Å²) in [7, 11) is 3.19. The number of hydrogen-bond donors (Lipinski definition) is 1. The molecule has 0 fully saturated rings. The molecule has 4 rings (SSSR count). The van der Waals surface area contributed by atoms with E-state index in [1.54, 1.807) is 50.9 Å². The number of ether oxygens (including phenoxy) is 1. The van der Waals surface area contributed by atoms with Gasteiger partial charge in [0.05, 0.1) is 19.2 Å². The number of pyridine rings is 2. The molecule has 0 atom stereocenters. The first kappa shape index (κ1) is 22.3. The van der Waals surface area contributed by atoms with E-state index in [2.05, 4.69) is 26.8 Å². The van der Waals surface area contributed by atoms with E-state index in [0.29, 0.717) is 33.7 Å². The smallest absolute Gasteiger partial charge is 0.255 e. The molecule has 4 aromatic rings. The molecule has 1 amide bonds. The maximum atomic E-state index is 12.6. The van der Waals surface area contributed by atoms with E-state index >= 15 is 0 Å². The summed E-state index contributed by atoms with van der Waals surface area (Å²) < 4.78 is 5.55. The van der Waals surface area contributed by atoms with Crippen LogP contribution in [0.2, 0.25) is 0 Å². The second-order valence-electron chi connectivity index (χ2n) is 7.55. The lowest BCUT2D eigenvalue weighted by atomic mass is 9.97. The van der Waals surface area contributed by atoms with Gasteiger partial charge in [0.25, 0.3) is 5.91 Å². The van der Waals surface area contributed by atoms with Crippen molar-refractivity contribution in [1.29, 1.82) is 0 Å². The van der Waals surface area contributed by atoms with Gasteiger partial charge in [0.2, 0.25) is 0 Å². The molecule has 0 unspecified atom stereocenters. The third-order valence-electron chi connectivity index (χ3n) is 5.47. The third-order valence-corrected chi connectivity index (χ3v) is 5.47. The number of terminal acetylenes is 2. The van der Waals surface area contributed by atoms with Crippen molar-refractivity contribution < 1.29 is 14.3 Å². The monoisotopic (exact) mass is 448 g/mol. The average molecular weight is 448 g/mol. The number of benzene rings is 1. The van der Waals surface area contributed by atoms with E-state index in [9.17, 15) is 9.59 Å². The summed E-state index contributed by atoms with van der Waals surface area (Å²) in [6.07, 6.45) is 18.3. The van der Waals surface area contributed by atoms with Gasteiger partial charge in [0.1, 0.15) is 11.4 Å². The van der Waals surface area contributed by atoms with Crippen LogP contribution in [-0.4, -0.2) is 52.7 Å². The fourth-order valence-corrected chi connectivity index (χ4v) is 3.73. The second-order valence-corrected chi connectivity index (χ2v) is 7.55. The van der Waals surface area contributed by atoms with E-state index in [1.165, 1.54) is 11.1 Å². The van der Waals surface area contributed by atoms with Crippen molar-refractivity contribution in [1.82, 2.24) is 19.9 Å². The molecule has 0 aliphatic carbocycles. The summed E-state index contributed by atoms with van der Waals surface area (Å²) in [4.78, 5) is 37.6. The number of nitrogens with one attached hydrogen (secondary N) is 1. The first-order chi connectivity index (χ1) is 16.5. The van der Waals surface area contributed by atoms with Crippen LogP contribution in [0.15, 0.2) is 49.1 Å². The Morgan fingerprint density at radius 2 is 1.94 bits per heavy atom. The lowest BCUT2D eigenvalue weighted by Gasteiger charge is -2.14. The van der Waals surface area contributed by atoms with Crippen LogP contribution in [0.4, 0.5) is 0 Å². The van der Waals surface area contributed by atoms with Crippen molar-refractivity contribution in [3.63, 3.8) is 0 Å². The van der Waals surface area contributed by atoms with Crippen molar-refractivity contribution >= 4 is 23.2 Å². The van der Waals surface area contributed by atoms with Gasteiger partial charge in [-0.2, -0.15) is 0 Å². The molecule has 166 valence electrons. The van der Waals surface area contributed by atoms with E-state index in [4.69, 9.17) is 17.6 Å². The number of carbonyl (C=O) groups excluding carboxylic acids is 2. The molecular formula is C27H20N4O3. The Bertz CT molecular complexity index is 1500. The molecule has 7 heteroatoms. The largest absolute Gasteiger partial charge is 0.496 e. The highest BCUT2D eigenvalue weighted by Gasteiger charge is 2.17. The topological polar surface area (TPSA) is 88.2 Å². The minimum Gasteiger partial charge on any atom is -0.496 e. The highest BCUT2D eigenvalue weighted by Crippen LogP contribution is 2.37. The fourth-order valence-electron chi connectivity index (χ4n) is 3.73. The van der Waals surface area contributed by atoms with Crippen molar-refractivity contribution in [3.05, 3.63) is 65.7 Å². The van der Waals surface area contributed by atoms with Crippen LogP contribution in [-0.2, 0) is 0 Å². The Morgan fingerprint density at radius 3 is 2.65 bits per heavy atom. The first-order valence-electron chi connectivity index (χ1n) is 10.3. The number of amides is 1. The van der Waals surface area contributed by atoms with Gasteiger partial charge in [0, 0.05) is 70.6 Å². The molecule has 0 saturated carbocycles. The number of methoxy groups -OCH3 is 1. The Kier molecular flexibility index (Phi) is 6.11. The fraction of sp³-hybridized carbons (Fsp3) is 0.111. The number of aromatic nitrogens is 3. The van der Waals surface area contributed by atoms with Gasteiger partial charge in [-0.1, -0.05) is 11.8 Å². The molecule has 7 nitrogen and oxygen atoms in total. The molecule has 0 radical (unpaired) electrons. The SMILES string of the molecule is C#CCN(C)C(=O)c1cncc(-c2cnc3[nH]cc(-c4cc(C=O)c(C#C)cc4OC)c3c2)c1. The molecule has 0 saturated heterocycles. The Hall–Kier alpha value is -4.88. The molecule has 0 bridgehead atoms. The molecule has 3 heterocycles. The second kappa shape index (κ2) is 9.32. The molecule has 0 aliphatic rings. The summed E-state index contributed by atoms with van der Waals surface area (Å²) in [6, 6.07) is 7.07. The van der Waals surface area contributed by atoms with Crippen LogP contribution in [0, 0.1) is 24.7 Å². The van der Waals surface area contributed by atoms with Crippen LogP contribution in [0.1, 0.15) is 26.3 Å². The zero-order valence-corrected chi connectivity index (χ0v) is 18.6. The lowest BCUT2D eigenvalue weighted by molar-refractivity contribution is 0.0812. The van der Waals surface area contributed by atoms with Crippen molar-refractivity contribution in [3.8, 4) is 52.7 Å². The van der Waals surface area contributed by atoms with Crippen LogP contribution < -0.4 is 4.74 Å². The van der Waals surface area contributed by atoms with Gasteiger partial charge in [-0.15, -0.1) is 12.8 Å². The predicted octanol–water partition coefficient (Wildman–Crippen LogP) is 3.80. The minimum absolute atomic E-state index is 0.201. The molecule has 3 aromatic heterocycles. The average Bonchev–Trinajstić information content (AvgIpc) is 3.30. The van der Waals surface area contributed by atoms with Gasteiger partial charge >= 0.3 is 0 Å². The highest BCUT2D eigenvalue weighted by atomic mass is 16.5. The summed E-state index contributed by atoms with van der Waals surface area (Å²) in [5.74, 6) is 5.29. The van der Waals surface area contributed by atoms with Gasteiger partial charge < -0.3 is 14.6 Å². The van der Waals surface area contributed by atoms with E-state index in [1.807, 2.05) is 6.07 Å². The molecule has 0 aliphatic heterocycles. The van der Waals surface area contributed by atoms with Gasteiger partial charge in [-0.3, -0.25) is 14.6 Å². The maximum Gasteiger partial charge on any atom is 0.255 e. The molecule has 0 spiro atoms. The molecule has 1 aromatic carbocycles. The number of rotatable bonds is 6. The van der Waals surface area contributed by atoms with E-state index < -0.39 is 0 Å². The summed E-state index contributed by atoms with van der Waals surface area (Å²) in [5, 5.41) is 0.808. The Labute approximate surface area is 196 Å². The van der Waals surface area contributed by atoms with Crippen LogP contribution in [0.25, 0.3) is 33.3 Å². The van der Waals surface area contributed by atoms with Crippen LogP contribution in [0.3, 0.4) is 0 Å². The molecular weight excluding hydrogens is 428 g/mol. The van der Waals surface area contributed by atoms with Crippen LogP contribution in [0.5, 0.6) is 5.75 Å². The summed E-state index contributed by atoms with van der Waals surface area (Å²) >= 11 is 0. The minimum atomic E-state index is -0.219. The lowest BCUT2D eigenvalue weighted by Crippen LogP contribution is -2.27. The normalized spacial score (nSPS) is 10.4. The van der Waals surface area contributed by atoms with Crippen LogP contribution >= 0.6 is 0 Å². The highest BCUT2D eigenvalue weighted by molar-refractivity contribution is 5.99.